The molecule has 0 radical (unpaired) electrons. The van der Waals surface area contributed by atoms with Crippen LogP contribution in [0.3, 0.4) is 0 Å². The van der Waals surface area contributed by atoms with E-state index in [9.17, 15) is 4.79 Å². The number of hydrogen-bond donors (Lipinski definition) is 1. The Morgan fingerprint density at radius 1 is 1.35 bits per heavy atom. The van der Waals surface area contributed by atoms with Crippen LogP contribution in [0, 0.1) is 25.2 Å². The number of nitrogens with zero attached hydrogens (tertiary/aromatic N) is 3. The fraction of sp³-hybridized carbons (Fsp3) is 0.267. The van der Waals surface area contributed by atoms with Crippen molar-refractivity contribution in [2.45, 2.75) is 20.4 Å². The van der Waals surface area contributed by atoms with Crippen molar-refractivity contribution in [1.82, 2.24) is 9.97 Å². The van der Waals surface area contributed by atoms with E-state index in [4.69, 9.17) is 5.26 Å². The molecule has 2 rings (SSSR count). The van der Waals surface area contributed by atoms with E-state index in [-0.39, 0.29) is 5.69 Å². The zero-order valence-electron chi connectivity index (χ0n) is 11.8. The van der Waals surface area contributed by atoms with Crippen LogP contribution in [0.4, 0.5) is 5.82 Å². The van der Waals surface area contributed by atoms with Crippen molar-refractivity contribution in [3.63, 3.8) is 0 Å². The Bertz CT molecular complexity index is 727. The average molecular weight is 268 g/mol. The number of rotatable bonds is 3. The summed E-state index contributed by atoms with van der Waals surface area (Å²) in [5.41, 5.74) is 3.26. The Morgan fingerprint density at radius 3 is 2.80 bits per heavy atom. The zero-order chi connectivity index (χ0) is 14.7. The second-order valence-electron chi connectivity index (χ2n) is 4.86. The molecule has 0 bridgehead atoms. The maximum atomic E-state index is 11.4. The van der Waals surface area contributed by atoms with Crippen molar-refractivity contribution < 1.29 is 0 Å². The molecule has 1 aromatic carbocycles. The first kappa shape index (κ1) is 13.8. The van der Waals surface area contributed by atoms with Gasteiger partial charge < -0.3 is 4.90 Å². The van der Waals surface area contributed by atoms with Crippen LogP contribution in [-0.2, 0) is 6.54 Å². The lowest BCUT2D eigenvalue weighted by atomic mass is 10.1. The van der Waals surface area contributed by atoms with Gasteiger partial charge in [0.15, 0.2) is 0 Å². The summed E-state index contributed by atoms with van der Waals surface area (Å²) < 4.78 is 0. The standard InChI is InChI=1S/C15H16N4O/c1-10-4-5-11(2)12(6-10)9-19(3)14-7-13(8-16)17-15(20)18-14/h4-7H,9H2,1-3H3,(H,17,18,20). The molecule has 20 heavy (non-hydrogen) atoms. The summed E-state index contributed by atoms with van der Waals surface area (Å²) in [5, 5.41) is 8.87. The highest BCUT2D eigenvalue weighted by atomic mass is 16.1. The summed E-state index contributed by atoms with van der Waals surface area (Å²) in [6, 6.07) is 9.76. The highest BCUT2D eigenvalue weighted by molar-refractivity contribution is 5.43. The molecule has 0 aliphatic rings. The Labute approximate surface area is 117 Å². The molecule has 2 aromatic rings. The van der Waals surface area contributed by atoms with Crippen LogP contribution in [0.5, 0.6) is 0 Å². The van der Waals surface area contributed by atoms with Crippen molar-refractivity contribution in [2.24, 2.45) is 0 Å². The first-order valence-electron chi connectivity index (χ1n) is 6.28. The average Bonchev–Trinajstić information content (AvgIpc) is 2.42. The zero-order valence-corrected chi connectivity index (χ0v) is 11.8. The molecule has 102 valence electrons. The van der Waals surface area contributed by atoms with E-state index >= 15 is 0 Å². The largest absolute Gasteiger partial charge is 0.355 e. The summed E-state index contributed by atoms with van der Waals surface area (Å²) >= 11 is 0. The molecule has 1 aromatic heterocycles. The number of aromatic amines is 1. The minimum Gasteiger partial charge on any atom is -0.355 e. The van der Waals surface area contributed by atoms with Crippen LogP contribution in [0.25, 0.3) is 0 Å². The SMILES string of the molecule is Cc1ccc(C)c(CN(C)c2cc(C#N)[nH]c(=O)n2)c1. The van der Waals surface area contributed by atoms with Crippen LogP contribution >= 0.6 is 0 Å². The summed E-state index contributed by atoms with van der Waals surface area (Å²) in [7, 11) is 1.85. The minimum atomic E-state index is -0.508. The molecule has 1 heterocycles. The van der Waals surface area contributed by atoms with Crippen LogP contribution in [-0.4, -0.2) is 17.0 Å². The lowest BCUT2D eigenvalue weighted by Gasteiger charge is -2.19. The quantitative estimate of drug-likeness (QED) is 0.922. The van der Waals surface area contributed by atoms with Crippen LogP contribution in [0.15, 0.2) is 29.1 Å². The summed E-state index contributed by atoms with van der Waals surface area (Å²) in [5.74, 6) is 0.492. The molecule has 0 atom stereocenters. The number of aromatic nitrogens is 2. The highest BCUT2D eigenvalue weighted by Crippen LogP contribution is 2.16. The Hall–Kier alpha value is -2.61. The van der Waals surface area contributed by atoms with Crippen LogP contribution in [0.1, 0.15) is 22.4 Å². The Balaban J connectivity index is 2.30. The summed E-state index contributed by atoms with van der Waals surface area (Å²) in [4.78, 5) is 19.5. The fourth-order valence-electron chi connectivity index (χ4n) is 2.01. The second kappa shape index (κ2) is 5.57. The van der Waals surface area contributed by atoms with Crippen LogP contribution < -0.4 is 10.6 Å². The lowest BCUT2D eigenvalue weighted by molar-refractivity contribution is 0.871. The topological polar surface area (TPSA) is 72.8 Å². The van der Waals surface area contributed by atoms with E-state index in [1.54, 1.807) is 6.07 Å². The maximum Gasteiger partial charge on any atom is 0.347 e. The number of H-pyrrole nitrogens is 1. The fourth-order valence-corrected chi connectivity index (χ4v) is 2.01. The number of hydrogen-bond acceptors (Lipinski definition) is 4. The van der Waals surface area contributed by atoms with E-state index in [0.29, 0.717) is 12.4 Å². The van der Waals surface area contributed by atoms with Crippen molar-refractivity contribution in [1.29, 1.82) is 5.26 Å². The molecular formula is C15H16N4O. The molecule has 5 heteroatoms. The van der Waals surface area contributed by atoms with E-state index in [2.05, 4.69) is 35.1 Å². The predicted molar refractivity (Wildman–Crippen MR) is 77.6 cm³/mol. The number of benzene rings is 1. The van der Waals surface area contributed by atoms with Crippen molar-refractivity contribution >= 4 is 5.82 Å². The van der Waals surface area contributed by atoms with Crippen molar-refractivity contribution in [3.05, 3.63) is 57.1 Å². The number of anilines is 1. The summed E-state index contributed by atoms with van der Waals surface area (Å²) in [6.45, 7) is 4.73. The van der Waals surface area contributed by atoms with Gasteiger partial charge in [0.25, 0.3) is 0 Å². The van der Waals surface area contributed by atoms with Gasteiger partial charge in [-0.1, -0.05) is 23.8 Å². The van der Waals surface area contributed by atoms with Gasteiger partial charge in [0, 0.05) is 19.7 Å². The molecule has 0 aliphatic heterocycles. The normalized spacial score (nSPS) is 10.1. The molecule has 1 N–H and O–H groups in total. The van der Waals surface area contributed by atoms with E-state index in [0.717, 1.165) is 0 Å². The molecule has 0 fully saturated rings. The van der Waals surface area contributed by atoms with Gasteiger partial charge in [-0.15, -0.1) is 0 Å². The third kappa shape index (κ3) is 3.04. The Kier molecular flexibility index (Phi) is 3.85. The first-order chi connectivity index (χ1) is 9.49. The predicted octanol–water partition coefficient (Wildman–Crippen LogP) is 1.89. The minimum absolute atomic E-state index is 0.216. The highest BCUT2D eigenvalue weighted by Gasteiger charge is 2.08. The molecule has 5 nitrogen and oxygen atoms in total. The van der Waals surface area contributed by atoms with E-state index in [1.807, 2.05) is 24.9 Å². The van der Waals surface area contributed by atoms with E-state index < -0.39 is 5.69 Å². The van der Waals surface area contributed by atoms with E-state index in [1.165, 1.54) is 16.7 Å². The second-order valence-corrected chi connectivity index (χ2v) is 4.86. The number of nitrogens with one attached hydrogen (secondary N) is 1. The smallest absolute Gasteiger partial charge is 0.347 e. The molecule has 0 spiro atoms. The van der Waals surface area contributed by atoms with Gasteiger partial charge in [-0.05, 0) is 25.0 Å². The van der Waals surface area contributed by atoms with Gasteiger partial charge in [-0.2, -0.15) is 10.2 Å². The van der Waals surface area contributed by atoms with Gasteiger partial charge in [-0.25, -0.2) is 4.79 Å². The third-order valence-corrected chi connectivity index (χ3v) is 3.15. The van der Waals surface area contributed by atoms with Gasteiger partial charge in [0.2, 0.25) is 0 Å². The molecule has 0 saturated carbocycles. The Morgan fingerprint density at radius 2 is 2.10 bits per heavy atom. The van der Waals surface area contributed by atoms with Crippen LogP contribution in [0.2, 0.25) is 0 Å². The van der Waals surface area contributed by atoms with Crippen molar-refractivity contribution in [3.8, 4) is 6.07 Å². The first-order valence-corrected chi connectivity index (χ1v) is 6.28. The van der Waals surface area contributed by atoms with Gasteiger partial charge >= 0.3 is 5.69 Å². The summed E-state index contributed by atoms with van der Waals surface area (Å²) in [6.07, 6.45) is 0. The molecular weight excluding hydrogens is 252 g/mol. The number of nitriles is 1. The number of aryl methyl sites for hydroxylation is 2. The van der Waals surface area contributed by atoms with Crippen molar-refractivity contribution in [2.75, 3.05) is 11.9 Å². The third-order valence-electron chi connectivity index (χ3n) is 3.15. The lowest BCUT2D eigenvalue weighted by Crippen LogP contribution is -2.23. The van der Waals surface area contributed by atoms with Gasteiger partial charge in [0.1, 0.15) is 17.6 Å². The molecule has 0 aliphatic carbocycles. The molecule has 0 amide bonds. The van der Waals surface area contributed by atoms with Gasteiger partial charge in [0.05, 0.1) is 0 Å². The molecule has 0 unspecified atom stereocenters. The monoisotopic (exact) mass is 268 g/mol. The molecule has 0 saturated heterocycles. The van der Waals surface area contributed by atoms with Gasteiger partial charge in [-0.3, -0.25) is 4.98 Å². The maximum absolute atomic E-state index is 11.4.